The van der Waals surface area contributed by atoms with Crippen LogP contribution in [0.2, 0.25) is 0 Å². The van der Waals surface area contributed by atoms with Gasteiger partial charge in [-0.3, -0.25) is 4.79 Å². The van der Waals surface area contributed by atoms with E-state index in [1.165, 1.54) is 18.7 Å². The number of benzene rings is 1. The number of rotatable bonds is 11. The summed E-state index contributed by atoms with van der Waals surface area (Å²) in [6, 6.07) is 8.15. The second-order valence-corrected chi connectivity index (χ2v) is 7.68. The normalized spacial score (nSPS) is 13.1. The van der Waals surface area contributed by atoms with Crippen LogP contribution in [0.15, 0.2) is 30.3 Å². The van der Waals surface area contributed by atoms with Gasteiger partial charge in [0, 0.05) is 0 Å². The zero-order valence-corrected chi connectivity index (χ0v) is 21.7. The standard InChI is InChI=1S/C16H26NO5PS.2Na/c1-3-4-8-11-24-12-15(18)17-16(13(2)22-23(19,20)21)14-9-6-5-7-10-14;;/h5-7,9-10,13,16H,3-4,8,11-12H2,1-2H3,(H,17,18)(H2,19,20,21);;/q;2*+1/p-2/t13-,16-;;/m0../s1. The number of thioether (sulfide) groups is 1. The Kier molecular flexibility index (Phi) is 18.1. The molecular formula is C16H24NNa2O5PS. The Balaban J connectivity index is 0. The van der Waals surface area contributed by atoms with Crippen molar-refractivity contribution in [2.24, 2.45) is 0 Å². The molecule has 0 aliphatic carbocycles. The predicted molar refractivity (Wildman–Crippen MR) is 92.3 cm³/mol. The first-order valence-corrected chi connectivity index (χ1v) is 10.6. The molecule has 0 heterocycles. The van der Waals surface area contributed by atoms with Crippen LogP contribution in [0.25, 0.3) is 0 Å². The molecule has 0 aromatic heterocycles. The zero-order chi connectivity index (χ0) is 18.0. The summed E-state index contributed by atoms with van der Waals surface area (Å²) < 4.78 is 15.4. The molecule has 136 valence electrons. The molecule has 1 rings (SSSR count). The minimum atomic E-state index is -5.13. The van der Waals surface area contributed by atoms with E-state index >= 15 is 0 Å². The van der Waals surface area contributed by atoms with E-state index in [-0.39, 0.29) is 70.8 Å². The van der Waals surface area contributed by atoms with Crippen molar-refractivity contribution in [3.05, 3.63) is 35.9 Å². The maximum Gasteiger partial charge on any atom is 1.00 e. The SMILES string of the molecule is CCCCCSCC(=O)N[C@H](c1ccccc1)[C@H](C)OP(=O)([O-])[O-].[Na+].[Na+]. The molecule has 1 aromatic rings. The quantitative estimate of drug-likeness (QED) is 0.223. The van der Waals surface area contributed by atoms with Crippen LogP contribution in [0, 0.1) is 0 Å². The fraction of sp³-hybridized carbons (Fsp3) is 0.562. The molecule has 0 spiro atoms. The molecule has 26 heavy (non-hydrogen) atoms. The molecule has 0 saturated heterocycles. The van der Waals surface area contributed by atoms with Gasteiger partial charge >= 0.3 is 59.1 Å². The van der Waals surface area contributed by atoms with Crippen molar-refractivity contribution in [3.63, 3.8) is 0 Å². The fourth-order valence-corrected chi connectivity index (χ4v) is 3.58. The van der Waals surface area contributed by atoms with E-state index in [1.54, 1.807) is 24.3 Å². The summed E-state index contributed by atoms with van der Waals surface area (Å²) in [4.78, 5) is 33.9. The van der Waals surface area contributed by atoms with Gasteiger partial charge in [0.15, 0.2) is 0 Å². The summed E-state index contributed by atoms with van der Waals surface area (Å²) >= 11 is 1.53. The number of amides is 1. The van der Waals surface area contributed by atoms with E-state index in [1.807, 2.05) is 6.07 Å². The average Bonchev–Trinajstić information content (AvgIpc) is 2.51. The number of hydrogen-bond donors (Lipinski definition) is 1. The van der Waals surface area contributed by atoms with Crippen LogP contribution in [-0.4, -0.2) is 23.5 Å². The number of nitrogens with one attached hydrogen (secondary N) is 1. The van der Waals surface area contributed by atoms with E-state index in [2.05, 4.69) is 16.8 Å². The molecule has 0 unspecified atom stereocenters. The van der Waals surface area contributed by atoms with E-state index < -0.39 is 20.0 Å². The molecular weight excluding hydrogens is 395 g/mol. The Hall–Kier alpha value is 1.15. The number of phosphoric ester groups is 1. The van der Waals surface area contributed by atoms with Gasteiger partial charge in [-0.05, 0) is 24.7 Å². The summed E-state index contributed by atoms with van der Waals surface area (Å²) in [7, 11) is -5.13. The summed E-state index contributed by atoms with van der Waals surface area (Å²) in [6.45, 7) is 3.57. The number of carbonyl (C=O) groups is 1. The molecule has 0 aliphatic rings. The maximum absolute atomic E-state index is 12.1. The minimum Gasteiger partial charge on any atom is -0.790 e. The topological polar surface area (TPSA) is 102 Å². The van der Waals surface area contributed by atoms with Crippen LogP contribution in [0.5, 0.6) is 0 Å². The molecule has 0 radical (unpaired) electrons. The third-order valence-corrected chi connectivity index (χ3v) is 5.00. The van der Waals surface area contributed by atoms with Crippen LogP contribution in [0.4, 0.5) is 0 Å². The molecule has 0 bridgehead atoms. The predicted octanol–water partition coefficient (Wildman–Crippen LogP) is -3.99. The Labute approximate surface area is 204 Å². The molecule has 0 aliphatic heterocycles. The monoisotopic (exact) mass is 419 g/mol. The molecule has 1 N–H and O–H groups in total. The van der Waals surface area contributed by atoms with Crippen molar-refractivity contribution in [2.45, 2.75) is 45.3 Å². The van der Waals surface area contributed by atoms with Gasteiger partial charge in [-0.1, -0.05) is 50.1 Å². The summed E-state index contributed by atoms with van der Waals surface area (Å²) in [5.41, 5.74) is 0.683. The Morgan fingerprint density at radius 3 is 2.38 bits per heavy atom. The van der Waals surface area contributed by atoms with Gasteiger partial charge < -0.3 is 24.2 Å². The third kappa shape index (κ3) is 13.3. The first kappa shape index (κ1) is 29.4. The number of phosphoric acid groups is 1. The van der Waals surface area contributed by atoms with Gasteiger partial charge in [-0.2, -0.15) is 11.8 Å². The van der Waals surface area contributed by atoms with Crippen molar-refractivity contribution in [1.82, 2.24) is 5.32 Å². The van der Waals surface area contributed by atoms with Crippen molar-refractivity contribution in [1.29, 1.82) is 0 Å². The fourth-order valence-electron chi connectivity index (χ4n) is 2.23. The Morgan fingerprint density at radius 1 is 1.23 bits per heavy atom. The van der Waals surface area contributed by atoms with Crippen molar-refractivity contribution in [2.75, 3.05) is 11.5 Å². The van der Waals surface area contributed by atoms with Crippen LogP contribution in [-0.2, 0) is 13.9 Å². The summed E-state index contributed by atoms with van der Waals surface area (Å²) in [6.07, 6.45) is 2.34. The average molecular weight is 419 g/mol. The molecule has 10 heteroatoms. The van der Waals surface area contributed by atoms with Crippen LogP contribution in [0.3, 0.4) is 0 Å². The van der Waals surface area contributed by atoms with Crippen LogP contribution in [0.1, 0.15) is 44.7 Å². The largest absolute Gasteiger partial charge is 1.00 e. The molecule has 2 atom stereocenters. The van der Waals surface area contributed by atoms with Gasteiger partial charge in [-0.15, -0.1) is 0 Å². The van der Waals surface area contributed by atoms with E-state index in [0.29, 0.717) is 5.56 Å². The Morgan fingerprint density at radius 2 is 1.85 bits per heavy atom. The molecule has 0 saturated carbocycles. The second kappa shape index (κ2) is 16.0. The first-order chi connectivity index (χ1) is 11.3. The number of carbonyl (C=O) groups excluding carboxylic acids is 1. The van der Waals surface area contributed by atoms with Gasteiger partial charge in [0.2, 0.25) is 5.91 Å². The second-order valence-electron chi connectivity index (χ2n) is 5.47. The molecule has 1 amide bonds. The van der Waals surface area contributed by atoms with Crippen molar-refractivity contribution < 1.29 is 82.8 Å². The zero-order valence-electron chi connectivity index (χ0n) is 16.0. The van der Waals surface area contributed by atoms with E-state index in [4.69, 9.17) is 0 Å². The van der Waals surface area contributed by atoms with Gasteiger partial charge in [0.25, 0.3) is 0 Å². The van der Waals surface area contributed by atoms with Crippen molar-refractivity contribution in [3.8, 4) is 0 Å². The van der Waals surface area contributed by atoms with Crippen LogP contribution < -0.4 is 74.2 Å². The van der Waals surface area contributed by atoms with E-state index in [0.717, 1.165) is 25.0 Å². The van der Waals surface area contributed by atoms with E-state index in [9.17, 15) is 19.1 Å². The summed E-state index contributed by atoms with van der Waals surface area (Å²) in [5.74, 6) is 0.971. The van der Waals surface area contributed by atoms with Gasteiger partial charge in [-0.25, -0.2) is 0 Å². The number of unbranched alkanes of at least 4 members (excludes halogenated alkanes) is 2. The Bertz CT molecular complexity index is 547. The van der Waals surface area contributed by atoms with Gasteiger partial charge in [0.1, 0.15) is 0 Å². The molecule has 6 nitrogen and oxygen atoms in total. The van der Waals surface area contributed by atoms with Gasteiger partial charge in [0.05, 0.1) is 25.7 Å². The molecule has 0 fully saturated rings. The summed E-state index contributed by atoms with van der Waals surface area (Å²) in [5, 5.41) is 2.76. The van der Waals surface area contributed by atoms with Crippen molar-refractivity contribution >= 4 is 25.5 Å². The first-order valence-electron chi connectivity index (χ1n) is 7.96. The maximum atomic E-state index is 12.1. The smallest absolute Gasteiger partial charge is 0.790 e. The molecule has 1 aromatic carbocycles. The van der Waals surface area contributed by atoms with Crippen LogP contribution >= 0.6 is 19.6 Å². The number of hydrogen-bond acceptors (Lipinski definition) is 6. The third-order valence-electron chi connectivity index (χ3n) is 3.37. The minimum absolute atomic E-state index is 0.